The lowest BCUT2D eigenvalue weighted by Crippen LogP contribution is -2.21. The van der Waals surface area contributed by atoms with Crippen molar-refractivity contribution >= 4 is 11.8 Å². The minimum Gasteiger partial charge on any atom is -0.387 e. The van der Waals surface area contributed by atoms with Crippen LogP contribution in [-0.4, -0.2) is 27.4 Å². The number of aromatic nitrogens is 2. The molecule has 0 aliphatic heterocycles. The van der Waals surface area contributed by atoms with Crippen molar-refractivity contribution in [2.24, 2.45) is 0 Å². The molecule has 2 aromatic rings. The number of aliphatic hydroxyl groups excluding tert-OH is 1. The van der Waals surface area contributed by atoms with Crippen molar-refractivity contribution in [1.82, 2.24) is 15.3 Å². The molecule has 20 heavy (non-hydrogen) atoms. The number of nitrogens with zero attached hydrogens (tertiary/aromatic N) is 2. The van der Waals surface area contributed by atoms with Crippen LogP contribution in [0.4, 0.5) is 0 Å². The molecule has 0 amide bonds. The Balaban J connectivity index is 1.78. The molecule has 0 bridgehead atoms. The van der Waals surface area contributed by atoms with Crippen LogP contribution in [0.25, 0.3) is 0 Å². The predicted octanol–water partition coefficient (Wildman–Crippen LogP) is 2.41. The standard InChI is InChI=1S/C15H19N3OS/c1-2-20-15-17-9-12(10-18-15)8-16-11-14(19)13-6-4-3-5-7-13/h3-7,9-10,14,16,19H,2,8,11H2,1H3. The average molecular weight is 289 g/mol. The molecule has 0 aliphatic rings. The molecule has 1 unspecified atom stereocenters. The van der Waals surface area contributed by atoms with E-state index in [1.807, 2.05) is 42.7 Å². The van der Waals surface area contributed by atoms with E-state index in [1.165, 1.54) is 0 Å². The fraction of sp³-hybridized carbons (Fsp3) is 0.333. The van der Waals surface area contributed by atoms with Crippen LogP contribution >= 0.6 is 11.8 Å². The molecule has 1 aromatic carbocycles. The van der Waals surface area contributed by atoms with Crippen LogP contribution in [0.1, 0.15) is 24.2 Å². The zero-order chi connectivity index (χ0) is 14.2. The first kappa shape index (κ1) is 15.0. The van der Waals surface area contributed by atoms with Crippen LogP contribution in [0.15, 0.2) is 47.9 Å². The lowest BCUT2D eigenvalue weighted by atomic mass is 10.1. The summed E-state index contributed by atoms with van der Waals surface area (Å²) in [6.45, 7) is 3.24. The highest BCUT2D eigenvalue weighted by Crippen LogP contribution is 2.12. The van der Waals surface area contributed by atoms with Gasteiger partial charge in [0.15, 0.2) is 5.16 Å². The molecule has 1 heterocycles. The van der Waals surface area contributed by atoms with Crippen LogP contribution in [0, 0.1) is 0 Å². The molecule has 5 heteroatoms. The molecule has 0 radical (unpaired) electrons. The van der Waals surface area contributed by atoms with Crippen molar-refractivity contribution in [2.45, 2.75) is 24.7 Å². The first-order valence-corrected chi connectivity index (χ1v) is 7.65. The van der Waals surface area contributed by atoms with E-state index in [1.54, 1.807) is 11.8 Å². The summed E-state index contributed by atoms with van der Waals surface area (Å²) in [5.74, 6) is 0.973. The maximum absolute atomic E-state index is 10.0. The zero-order valence-corrected chi connectivity index (χ0v) is 12.3. The molecule has 106 valence electrons. The van der Waals surface area contributed by atoms with Crippen molar-refractivity contribution < 1.29 is 5.11 Å². The zero-order valence-electron chi connectivity index (χ0n) is 11.5. The molecule has 1 aromatic heterocycles. The molecule has 0 saturated heterocycles. The third-order valence-corrected chi connectivity index (χ3v) is 3.56. The third-order valence-electron chi connectivity index (χ3n) is 2.81. The monoisotopic (exact) mass is 289 g/mol. The third kappa shape index (κ3) is 4.59. The van der Waals surface area contributed by atoms with Gasteiger partial charge in [0.2, 0.25) is 0 Å². The first-order valence-electron chi connectivity index (χ1n) is 6.67. The van der Waals surface area contributed by atoms with Crippen molar-refractivity contribution in [3.8, 4) is 0 Å². The van der Waals surface area contributed by atoms with E-state index >= 15 is 0 Å². The second-order valence-electron chi connectivity index (χ2n) is 4.36. The lowest BCUT2D eigenvalue weighted by Gasteiger charge is -2.12. The summed E-state index contributed by atoms with van der Waals surface area (Å²) < 4.78 is 0. The normalized spacial score (nSPS) is 12.3. The van der Waals surface area contributed by atoms with E-state index in [-0.39, 0.29) is 0 Å². The molecule has 0 aliphatic carbocycles. The highest BCUT2D eigenvalue weighted by atomic mass is 32.2. The summed E-state index contributed by atoms with van der Waals surface area (Å²) in [7, 11) is 0. The van der Waals surface area contributed by atoms with E-state index in [2.05, 4.69) is 22.2 Å². The van der Waals surface area contributed by atoms with E-state index in [4.69, 9.17) is 0 Å². The van der Waals surface area contributed by atoms with Gasteiger partial charge in [0.05, 0.1) is 6.10 Å². The fourth-order valence-electron chi connectivity index (χ4n) is 1.78. The van der Waals surface area contributed by atoms with Gasteiger partial charge in [-0.25, -0.2) is 9.97 Å². The van der Waals surface area contributed by atoms with Gasteiger partial charge in [0, 0.05) is 31.0 Å². The molecule has 4 nitrogen and oxygen atoms in total. The van der Waals surface area contributed by atoms with Crippen molar-refractivity contribution in [2.75, 3.05) is 12.3 Å². The Morgan fingerprint density at radius 3 is 2.55 bits per heavy atom. The van der Waals surface area contributed by atoms with Gasteiger partial charge >= 0.3 is 0 Å². The Bertz CT molecular complexity index is 504. The molecule has 2 N–H and O–H groups in total. The minimum atomic E-state index is -0.493. The van der Waals surface area contributed by atoms with Gasteiger partial charge in [-0.2, -0.15) is 0 Å². The van der Waals surface area contributed by atoms with Gasteiger partial charge < -0.3 is 10.4 Å². The average Bonchev–Trinajstić information content (AvgIpc) is 2.50. The van der Waals surface area contributed by atoms with E-state index in [0.29, 0.717) is 13.1 Å². The number of nitrogens with one attached hydrogen (secondary N) is 1. The van der Waals surface area contributed by atoms with Gasteiger partial charge in [0.25, 0.3) is 0 Å². The quantitative estimate of drug-likeness (QED) is 0.605. The summed E-state index contributed by atoms with van der Waals surface area (Å²) in [5.41, 5.74) is 1.94. The van der Waals surface area contributed by atoms with Crippen LogP contribution in [0.5, 0.6) is 0 Å². The highest BCUT2D eigenvalue weighted by molar-refractivity contribution is 7.99. The Hall–Kier alpha value is -1.43. The van der Waals surface area contributed by atoms with Gasteiger partial charge in [-0.3, -0.25) is 0 Å². The smallest absolute Gasteiger partial charge is 0.187 e. The number of thioether (sulfide) groups is 1. The fourth-order valence-corrected chi connectivity index (χ4v) is 2.30. The van der Waals surface area contributed by atoms with Gasteiger partial charge in [-0.15, -0.1) is 0 Å². The second-order valence-corrected chi connectivity index (χ2v) is 5.60. The molecule has 0 fully saturated rings. The summed E-state index contributed by atoms with van der Waals surface area (Å²) in [6, 6.07) is 9.64. The second kappa shape index (κ2) is 7.99. The maximum atomic E-state index is 10.0. The molecule has 0 saturated carbocycles. The summed E-state index contributed by atoms with van der Waals surface area (Å²) in [4.78, 5) is 8.55. The highest BCUT2D eigenvalue weighted by Gasteiger charge is 2.06. The lowest BCUT2D eigenvalue weighted by molar-refractivity contribution is 0.174. The Morgan fingerprint density at radius 1 is 1.20 bits per heavy atom. The van der Waals surface area contributed by atoms with E-state index in [9.17, 15) is 5.11 Å². The maximum Gasteiger partial charge on any atom is 0.187 e. The van der Waals surface area contributed by atoms with Crippen LogP contribution in [-0.2, 0) is 6.54 Å². The number of hydrogen-bond acceptors (Lipinski definition) is 5. The number of rotatable bonds is 7. The molecular weight excluding hydrogens is 270 g/mol. The van der Waals surface area contributed by atoms with Gasteiger partial charge in [-0.1, -0.05) is 49.0 Å². The Kier molecular flexibility index (Phi) is 5.98. The predicted molar refractivity (Wildman–Crippen MR) is 81.5 cm³/mol. The van der Waals surface area contributed by atoms with Crippen LogP contribution in [0.2, 0.25) is 0 Å². The number of benzene rings is 1. The topological polar surface area (TPSA) is 58.0 Å². The Labute approximate surface area is 123 Å². The largest absolute Gasteiger partial charge is 0.387 e. The number of aliphatic hydroxyl groups is 1. The molecule has 2 rings (SSSR count). The molecular formula is C15H19N3OS. The van der Waals surface area contributed by atoms with Crippen molar-refractivity contribution in [1.29, 1.82) is 0 Å². The van der Waals surface area contributed by atoms with Crippen molar-refractivity contribution in [3.63, 3.8) is 0 Å². The molecule has 0 spiro atoms. The molecule has 1 atom stereocenters. The van der Waals surface area contributed by atoms with Crippen LogP contribution in [0.3, 0.4) is 0 Å². The number of hydrogen-bond donors (Lipinski definition) is 2. The first-order chi connectivity index (χ1) is 9.79. The summed E-state index contributed by atoms with van der Waals surface area (Å²) >= 11 is 1.63. The van der Waals surface area contributed by atoms with E-state index < -0.39 is 6.10 Å². The van der Waals surface area contributed by atoms with Gasteiger partial charge in [0.1, 0.15) is 0 Å². The van der Waals surface area contributed by atoms with Crippen LogP contribution < -0.4 is 5.32 Å². The summed E-state index contributed by atoms with van der Waals surface area (Å²) in [5, 5.41) is 14.0. The minimum absolute atomic E-state index is 0.493. The van der Waals surface area contributed by atoms with E-state index in [0.717, 1.165) is 22.0 Å². The van der Waals surface area contributed by atoms with Gasteiger partial charge in [-0.05, 0) is 11.3 Å². The Morgan fingerprint density at radius 2 is 1.90 bits per heavy atom. The van der Waals surface area contributed by atoms with Crippen molar-refractivity contribution in [3.05, 3.63) is 53.9 Å². The summed E-state index contributed by atoms with van der Waals surface area (Å²) in [6.07, 6.45) is 3.16. The SMILES string of the molecule is CCSc1ncc(CNCC(O)c2ccccc2)cn1.